The van der Waals surface area contributed by atoms with Crippen molar-refractivity contribution < 1.29 is 9.84 Å². The number of nitrogens with zero attached hydrogens (tertiary/aromatic N) is 1. The number of benzene rings is 2. The van der Waals surface area contributed by atoms with E-state index < -0.39 is 6.10 Å². The van der Waals surface area contributed by atoms with Crippen LogP contribution in [0, 0.1) is 0 Å². The summed E-state index contributed by atoms with van der Waals surface area (Å²) in [5.41, 5.74) is 3.77. The second-order valence-corrected chi connectivity index (χ2v) is 8.35. The zero-order chi connectivity index (χ0) is 20.6. The molecule has 0 radical (unpaired) electrons. The van der Waals surface area contributed by atoms with Gasteiger partial charge in [-0.15, -0.1) is 0 Å². The van der Waals surface area contributed by atoms with Gasteiger partial charge in [0.25, 0.3) is 0 Å². The van der Waals surface area contributed by atoms with E-state index in [1.807, 2.05) is 0 Å². The van der Waals surface area contributed by atoms with Crippen LogP contribution >= 0.6 is 0 Å². The molecule has 3 atom stereocenters. The fourth-order valence-corrected chi connectivity index (χ4v) is 4.81. The zero-order valence-electron chi connectivity index (χ0n) is 18.3. The molecule has 1 aliphatic heterocycles. The van der Waals surface area contributed by atoms with Gasteiger partial charge in [0.15, 0.2) is 0 Å². The average Bonchev–Trinajstić information content (AvgIpc) is 2.78. The molecule has 0 amide bonds. The van der Waals surface area contributed by atoms with Crippen molar-refractivity contribution in [2.24, 2.45) is 0 Å². The molecule has 0 unspecified atom stereocenters. The standard InChI is InChI=1S/C26H37NO2/c1-4-24(25(5-2)21-13-15-23(29-3)16-14-21)20-9-11-22(12-10-20)26(28)19-27-17-7-6-8-18-27/h9-16,24-26,28H,4-8,17-19H2,1-3H3/t24-,25-,26+/m0/s1. The van der Waals surface area contributed by atoms with Crippen molar-refractivity contribution in [2.45, 2.75) is 63.9 Å². The van der Waals surface area contributed by atoms with E-state index in [4.69, 9.17) is 4.74 Å². The Balaban J connectivity index is 1.71. The van der Waals surface area contributed by atoms with Gasteiger partial charge in [-0.05, 0) is 79.4 Å². The lowest BCUT2D eigenvalue weighted by molar-refractivity contribution is 0.101. The van der Waals surface area contributed by atoms with E-state index in [2.05, 4.69) is 67.3 Å². The quantitative estimate of drug-likeness (QED) is 0.573. The predicted octanol–water partition coefficient (Wildman–Crippen LogP) is 5.90. The molecule has 1 N–H and O–H groups in total. The van der Waals surface area contributed by atoms with E-state index in [1.165, 1.54) is 30.4 Å². The van der Waals surface area contributed by atoms with E-state index in [1.54, 1.807) is 7.11 Å². The lowest BCUT2D eigenvalue weighted by atomic mass is 9.78. The van der Waals surface area contributed by atoms with Crippen LogP contribution in [0.2, 0.25) is 0 Å². The van der Waals surface area contributed by atoms with Gasteiger partial charge in [-0.1, -0.05) is 56.7 Å². The summed E-state index contributed by atoms with van der Waals surface area (Å²) in [5, 5.41) is 10.7. The van der Waals surface area contributed by atoms with Crippen LogP contribution in [0.15, 0.2) is 48.5 Å². The largest absolute Gasteiger partial charge is 0.497 e. The Morgan fingerprint density at radius 1 is 0.793 bits per heavy atom. The van der Waals surface area contributed by atoms with Gasteiger partial charge in [0.1, 0.15) is 5.75 Å². The summed E-state index contributed by atoms with van der Waals surface area (Å²) in [7, 11) is 1.71. The Labute approximate surface area is 176 Å². The van der Waals surface area contributed by atoms with Crippen molar-refractivity contribution in [2.75, 3.05) is 26.7 Å². The molecular formula is C26H37NO2. The smallest absolute Gasteiger partial charge is 0.118 e. The molecule has 3 nitrogen and oxygen atoms in total. The number of hydrogen-bond donors (Lipinski definition) is 1. The van der Waals surface area contributed by atoms with Crippen molar-refractivity contribution in [3.05, 3.63) is 65.2 Å². The molecule has 158 valence electrons. The van der Waals surface area contributed by atoms with E-state index >= 15 is 0 Å². The van der Waals surface area contributed by atoms with E-state index in [0.29, 0.717) is 11.8 Å². The maximum Gasteiger partial charge on any atom is 0.118 e. The first kappa shape index (κ1) is 21.9. The lowest BCUT2D eigenvalue weighted by Gasteiger charge is -2.29. The van der Waals surface area contributed by atoms with Gasteiger partial charge in [0, 0.05) is 6.54 Å². The third-order valence-electron chi connectivity index (χ3n) is 6.54. The molecule has 1 saturated heterocycles. The molecule has 2 aromatic rings. The van der Waals surface area contributed by atoms with Gasteiger partial charge in [-0.25, -0.2) is 0 Å². The van der Waals surface area contributed by atoms with Gasteiger partial charge in [0.05, 0.1) is 13.2 Å². The number of β-amino-alcohol motifs (C(OH)–C–C–N with tert-alkyl or cyclic N) is 1. The second-order valence-electron chi connectivity index (χ2n) is 8.35. The molecule has 0 aromatic heterocycles. The second kappa shape index (κ2) is 10.8. The fourth-order valence-electron chi connectivity index (χ4n) is 4.81. The summed E-state index contributed by atoms with van der Waals surface area (Å²) in [5.74, 6) is 1.86. The van der Waals surface area contributed by atoms with E-state index in [9.17, 15) is 5.11 Å². The van der Waals surface area contributed by atoms with Crippen LogP contribution < -0.4 is 4.74 Å². The summed E-state index contributed by atoms with van der Waals surface area (Å²) in [6.45, 7) is 7.53. The number of methoxy groups -OCH3 is 1. The third kappa shape index (κ3) is 5.61. The number of aliphatic hydroxyl groups excluding tert-OH is 1. The molecule has 0 aliphatic carbocycles. The Kier molecular flexibility index (Phi) is 8.14. The van der Waals surface area contributed by atoms with Crippen LogP contribution in [0.25, 0.3) is 0 Å². The van der Waals surface area contributed by atoms with Crippen LogP contribution in [0.5, 0.6) is 5.75 Å². The molecule has 1 fully saturated rings. The molecular weight excluding hydrogens is 358 g/mol. The molecule has 1 aliphatic rings. The minimum atomic E-state index is -0.397. The van der Waals surface area contributed by atoms with E-state index in [0.717, 1.165) is 43.8 Å². The predicted molar refractivity (Wildman–Crippen MR) is 121 cm³/mol. The number of hydrogen-bond acceptors (Lipinski definition) is 3. The first-order valence-corrected chi connectivity index (χ1v) is 11.3. The van der Waals surface area contributed by atoms with E-state index in [-0.39, 0.29) is 0 Å². The summed E-state index contributed by atoms with van der Waals surface area (Å²) in [6, 6.07) is 17.2. The maximum absolute atomic E-state index is 10.7. The summed E-state index contributed by atoms with van der Waals surface area (Å²) < 4.78 is 5.32. The lowest BCUT2D eigenvalue weighted by Crippen LogP contribution is -2.33. The average molecular weight is 396 g/mol. The summed E-state index contributed by atoms with van der Waals surface area (Å²) in [4.78, 5) is 2.40. The number of likely N-dealkylation sites (tertiary alicyclic amines) is 1. The minimum absolute atomic E-state index is 0.397. The molecule has 0 spiro atoms. The summed E-state index contributed by atoms with van der Waals surface area (Å²) in [6.07, 6.45) is 5.64. The molecule has 1 heterocycles. The highest BCUT2D eigenvalue weighted by Crippen LogP contribution is 2.38. The Morgan fingerprint density at radius 2 is 1.28 bits per heavy atom. The normalized spacial score (nSPS) is 18.2. The SMILES string of the molecule is CC[C@@H](c1ccc(OC)cc1)[C@@H](CC)c1ccc([C@H](O)CN2CCCCC2)cc1. The Hall–Kier alpha value is -1.84. The highest BCUT2D eigenvalue weighted by molar-refractivity contribution is 5.34. The first-order valence-electron chi connectivity index (χ1n) is 11.3. The Bertz CT molecular complexity index is 719. The number of aliphatic hydroxyl groups is 1. The molecule has 0 saturated carbocycles. The van der Waals surface area contributed by atoms with Crippen LogP contribution in [-0.4, -0.2) is 36.8 Å². The van der Waals surface area contributed by atoms with Crippen molar-refractivity contribution >= 4 is 0 Å². The fraction of sp³-hybridized carbons (Fsp3) is 0.538. The van der Waals surface area contributed by atoms with Crippen molar-refractivity contribution in [3.8, 4) is 5.75 Å². The van der Waals surface area contributed by atoms with Crippen molar-refractivity contribution in [1.82, 2.24) is 4.90 Å². The minimum Gasteiger partial charge on any atom is -0.497 e. The molecule has 3 heteroatoms. The number of piperidine rings is 1. The monoisotopic (exact) mass is 395 g/mol. The maximum atomic E-state index is 10.7. The number of ether oxygens (including phenoxy) is 1. The third-order valence-corrected chi connectivity index (χ3v) is 6.54. The molecule has 3 rings (SSSR count). The van der Waals surface area contributed by atoms with Crippen molar-refractivity contribution in [3.63, 3.8) is 0 Å². The number of rotatable bonds is 9. The highest BCUT2D eigenvalue weighted by atomic mass is 16.5. The van der Waals surface area contributed by atoms with Crippen LogP contribution in [-0.2, 0) is 0 Å². The van der Waals surface area contributed by atoms with Gasteiger partial charge in [-0.2, -0.15) is 0 Å². The van der Waals surface area contributed by atoms with Crippen LogP contribution in [0.4, 0.5) is 0 Å². The van der Waals surface area contributed by atoms with Crippen molar-refractivity contribution in [1.29, 1.82) is 0 Å². The van der Waals surface area contributed by atoms with Gasteiger partial charge in [-0.3, -0.25) is 0 Å². The molecule has 2 aromatic carbocycles. The van der Waals surface area contributed by atoms with Crippen LogP contribution in [0.3, 0.4) is 0 Å². The van der Waals surface area contributed by atoms with Crippen LogP contribution in [0.1, 0.15) is 80.6 Å². The van der Waals surface area contributed by atoms with Gasteiger partial charge >= 0.3 is 0 Å². The van der Waals surface area contributed by atoms with Gasteiger partial charge in [0.2, 0.25) is 0 Å². The van der Waals surface area contributed by atoms with Gasteiger partial charge < -0.3 is 14.7 Å². The topological polar surface area (TPSA) is 32.7 Å². The highest BCUT2D eigenvalue weighted by Gasteiger charge is 2.23. The Morgan fingerprint density at radius 3 is 1.76 bits per heavy atom. The molecule has 29 heavy (non-hydrogen) atoms. The zero-order valence-corrected chi connectivity index (χ0v) is 18.3. The molecule has 0 bridgehead atoms. The summed E-state index contributed by atoms with van der Waals surface area (Å²) >= 11 is 0. The first-order chi connectivity index (χ1) is 14.2.